The molecule has 2 aromatic carbocycles. The first-order valence-corrected chi connectivity index (χ1v) is 9.12. The molecule has 1 atom stereocenters. The molecule has 25 heavy (non-hydrogen) atoms. The fourth-order valence-electron chi connectivity index (χ4n) is 3.14. The number of aromatic nitrogens is 2. The van der Waals surface area contributed by atoms with Crippen molar-refractivity contribution >= 4 is 11.6 Å². The van der Waals surface area contributed by atoms with Crippen LogP contribution in [-0.2, 0) is 12.8 Å². The predicted octanol–water partition coefficient (Wildman–Crippen LogP) is 4.59. The summed E-state index contributed by atoms with van der Waals surface area (Å²) in [6.07, 6.45) is 4.82. The minimum atomic E-state index is 0.311. The van der Waals surface area contributed by atoms with Crippen molar-refractivity contribution in [3.63, 3.8) is 0 Å². The molecule has 130 valence electrons. The Morgan fingerprint density at radius 1 is 1.04 bits per heavy atom. The van der Waals surface area contributed by atoms with Crippen molar-refractivity contribution in [2.24, 2.45) is 0 Å². The molecule has 0 bridgehead atoms. The van der Waals surface area contributed by atoms with Crippen LogP contribution in [0.3, 0.4) is 0 Å². The first kappa shape index (κ1) is 17.7. The maximum atomic E-state index is 6.22. The van der Waals surface area contributed by atoms with E-state index in [1.165, 1.54) is 16.8 Å². The van der Waals surface area contributed by atoms with Crippen LogP contribution in [0.15, 0.2) is 60.8 Å². The number of nitrogens with one attached hydrogen (secondary N) is 2. The van der Waals surface area contributed by atoms with E-state index in [0.717, 1.165) is 36.7 Å². The van der Waals surface area contributed by atoms with E-state index < -0.39 is 0 Å². The van der Waals surface area contributed by atoms with E-state index in [1.807, 2.05) is 25.4 Å². The quantitative estimate of drug-likeness (QED) is 0.621. The zero-order chi connectivity index (χ0) is 17.5. The van der Waals surface area contributed by atoms with Crippen molar-refractivity contribution in [1.29, 1.82) is 0 Å². The highest BCUT2D eigenvalue weighted by atomic mass is 35.5. The fourth-order valence-corrected chi connectivity index (χ4v) is 3.33. The Hall–Kier alpha value is -2.10. The van der Waals surface area contributed by atoms with Crippen molar-refractivity contribution in [1.82, 2.24) is 15.3 Å². The maximum Gasteiger partial charge on any atom is 0.106 e. The molecule has 1 heterocycles. The van der Waals surface area contributed by atoms with Crippen LogP contribution in [0.5, 0.6) is 0 Å². The minimum Gasteiger partial charge on any atom is -0.346 e. The van der Waals surface area contributed by atoms with Crippen LogP contribution in [0.2, 0.25) is 5.02 Å². The van der Waals surface area contributed by atoms with Gasteiger partial charge in [0.2, 0.25) is 0 Å². The Labute approximate surface area is 154 Å². The monoisotopic (exact) mass is 353 g/mol. The van der Waals surface area contributed by atoms with E-state index in [0.29, 0.717) is 5.92 Å². The zero-order valence-corrected chi connectivity index (χ0v) is 15.3. The number of aryl methyl sites for hydroxylation is 1. The van der Waals surface area contributed by atoms with Crippen LogP contribution in [0.4, 0.5) is 0 Å². The van der Waals surface area contributed by atoms with Gasteiger partial charge in [0.05, 0.1) is 0 Å². The summed E-state index contributed by atoms with van der Waals surface area (Å²) in [5, 5.41) is 3.95. The number of halogens is 1. The Morgan fingerprint density at radius 2 is 1.84 bits per heavy atom. The lowest BCUT2D eigenvalue weighted by atomic mass is 9.87. The lowest BCUT2D eigenvalue weighted by Crippen LogP contribution is -2.10. The molecule has 0 aliphatic heterocycles. The number of rotatable bonds is 8. The average Bonchev–Trinajstić information content (AvgIpc) is 3.09. The first-order valence-electron chi connectivity index (χ1n) is 8.74. The molecule has 1 unspecified atom stereocenters. The van der Waals surface area contributed by atoms with Crippen molar-refractivity contribution in [2.45, 2.75) is 25.2 Å². The summed E-state index contributed by atoms with van der Waals surface area (Å²) < 4.78 is 0. The van der Waals surface area contributed by atoms with Crippen molar-refractivity contribution in [3.05, 3.63) is 88.5 Å². The average molecular weight is 354 g/mol. The number of benzene rings is 2. The highest BCUT2D eigenvalue weighted by Crippen LogP contribution is 2.30. The lowest BCUT2D eigenvalue weighted by Gasteiger charge is -2.18. The molecule has 4 heteroatoms. The van der Waals surface area contributed by atoms with Gasteiger partial charge in [0.25, 0.3) is 0 Å². The Balaban J connectivity index is 1.75. The van der Waals surface area contributed by atoms with Crippen molar-refractivity contribution < 1.29 is 0 Å². The summed E-state index contributed by atoms with van der Waals surface area (Å²) in [7, 11) is 1.97. The zero-order valence-electron chi connectivity index (χ0n) is 14.5. The molecule has 2 N–H and O–H groups in total. The highest BCUT2D eigenvalue weighted by molar-refractivity contribution is 6.30. The normalized spacial score (nSPS) is 12.2. The molecule has 3 rings (SSSR count). The van der Waals surface area contributed by atoms with Crippen molar-refractivity contribution in [2.75, 3.05) is 13.6 Å². The summed E-state index contributed by atoms with van der Waals surface area (Å²) in [4.78, 5) is 7.98. The standard InChI is InChI=1S/C21H24ClN3/c1-23-13-12-19-15-24-21(25-19)11-10-20(16-6-3-2-4-7-16)17-8-5-9-18(22)14-17/h2-9,14-15,20,23H,10-13H2,1H3,(H,24,25). The summed E-state index contributed by atoms with van der Waals surface area (Å²) in [6, 6.07) is 18.8. The number of nitrogens with zero attached hydrogens (tertiary/aromatic N) is 1. The van der Waals surface area contributed by atoms with Gasteiger partial charge in [-0.15, -0.1) is 0 Å². The van der Waals surface area contributed by atoms with Crippen LogP contribution in [0.1, 0.15) is 35.0 Å². The Bertz CT molecular complexity index is 783. The van der Waals surface area contributed by atoms with Gasteiger partial charge in [-0.25, -0.2) is 4.98 Å². The van der Waals surface area contributed by atoms with Crippen LogP contribution in [-0.4, -0.2) is 23.6 Å². The number of H-pyrrole nitrogens is 1. The molecule has 3 nitrogen and oxygen atoms in total. The number of aromatic amines is 1. The van der Waals surface area contributed by atoms with Crippen LogP contribution < -0.4 is 5.32 Å². The first-order chi connectivity index (χ1) is 12.3. The molecule has 0 aliphatic rings. The van der Waals surface area contributed by atoms with E-state index >= 15 is 0 Å². The summed E-state index contributed by atoms with van der Waals surface area (Å²) in [5.41, 5.74) is 3.75. The van der Waals surface area contributed by atoms with Crippen molar-refractivity contribution in [3.8, 4) is 0 Å². The van der Waals surface area contributed by atoms with E-state index in [1.54, 1.807) is 0 Å². The van der Waals surface area contributed by atoms with Gasteiger partial charge in [-0.3, -0.25) is 0 Å². The van der Waals surface area contributed by atoms with E-state index in [-0.39, 0.29) is 0 Å². The largest absolute Gasteiger partial charge is 0.346 e. The second-order valence-electron chi connectivity index (χ2n) is 6.27. The number of hydrogen-bond donors (Lipinski definition) is 2. The number of hydrogen-bond acceptors (Lipinski definition) is 2. The fraction of sp³-hybridized carbons (Fsp3) is 0.286. The molecular formula is C21H24ClN3. The van der Waals surface area contributed by atoms with Gasteiger partial charge in [0.15, 0.2) is 0 Å². The molecule has 0 aliphatic carbocycles. The molecule has 0 amide bonds. The Kier molecular flexibility index (Phi) is 6.26. The van der Waals surface area contributed by atoms with Gasteiger partial charge in [0.1, 0.15) is 5.82 Å². The Morgan fingerprint density at radius 3 is 2.60 bits per heavy atom. The van der Waals surface area contributed by atoms with Gasteiger partial charge in [-0.05, 0) is 36.7 Å². The molecule has 0 saturated carbocycles. The third-order valence-electron chi connectivity index (χ3n) is 4.45. The van der Waals surface area contributed by atoms with E-state index in [9.17, 15) is 0 Å². The van der Waals surface area contributed by atoms with Gasteiger partial charge < -0.3 is 10.3 Å². The number of imidazole rings is 1. The smallest absolute Gasteiger partial charge is 0.106 e. The van der Waals surface area contributed by atoms with Gasteiger partial charge in [0, 0.05) is 42.2 Å². The third-order valence-corrected chi connectivity index (χ3v) is 4.68. The van der Waals surface area contributed by atoms with Gasteiger partial charge in [-0.2, -0.15) is 0 Å². The molecule has 0 fully saturated rings. The summed E-state index contributed by atoms with van der Waals surface area (Å²) in [6.45, 7) is 0.955. The van der Waals surface area contributed by atoms with E-state index in [4.69, 9.17) is 11.6 Å². The second-order valence-corrected chi connectivity index (χ2v) is 6.70. The maximum absolute atomic E-state index is 6.22. The minimum absolute atomic E-state index is 0.311. The summed E-state index contributed by atoms with van der Waals surface area (Å²) in [5.74, 6) is 1.36. The topological polar surface area (TPSA) is 40.7 Å². The van der Waals surface area contributed by atoms with Crippen LogP contribution in [0, 0.1) is 0 Å². The molecule has 3 aromatic rings. The molecule has 1 aromatic heterocycles. The SMILES string of the molecule is CNCCc1cnc(CCC(c2ccccc2)c2cccc(Cl)c2)[nH]1. The van der Waals surface area contributed by atoms with Crippen LogP contribution >= 0.6 is 11.6 Å². The number of likely N-dealkylation sites (N-methyl/N-ethyl adjacent to an activating group) is 1. The molecule has 0 spiro atoms. The summed E-state index contributed by atoms with van der Waals surface area (Å²) >= 11 is 6.22. The molecular weight excluding hydrogens is 330 g/mol. The van der Waals surface area contributed by atoms with Gasteiger partial charge in [-0.1, -0.05) is 54.1 Å². The molecule has 0 saturated heterocycles. The van der Waals surface area contributed by atoms with Crippen LogP contribution in [0.25, 0.3) is 0 Å². The van der Waals surface area contributed by atoms with Gasteiger partial charge >= 0.3 is 0 Å². The predicted molar refractivity (Wildman–Crippen MR) is 104 cm³/mol. The highest BCUT2D eigenvalue weighted by Gasteiger charge is 2.15. The lowest BCUT2D eigenvalue weighted by molar-refractivity contribution is 0.692. The van der Waals surface area contributed by atoms with E-state index in [2.05, 4.69) is 57.7 Å². The second kappa shape index (κ2) is 8.84. The third kappa shape index (κ3) is 4.94. The molecule has 0 radical (unpaired) electrons.